The maximum absolute atomic E-state index is 13.1. The van der Waals surface area contributed by atoms with Gasteiger partial charge in [0.05, 0.1) is 0 Å². The normalized spacial score (nSPS) is 18.8. The molecule has 0 unspecified atom stereocenters. The van der Waals surface area contributed by atoms with E-state index in [1.807, 2.05) is 20.8 Å². The zero-order chi connectivity index (χ0) is 26.8. The number of rotatable bonds is 13. The zero-order valence-corrected chi connectivity index (χ0v) is 22.6. The molecule has 1 saturated heterocycles. The van der Waals surface area contributed by atoms with Gasteiger partial charge in [-0.25, -0.2) is 8.42 Å². The summed E-state index contributed by atoms with van der Waals surface area (Å²) in [5.41, 5.74) is 0. The topological polar surface area (TPSA) is 142 Å². The molecule has 1 aliphatic rings. The molecule has 0 aliphatic carbocycles. The van der Waals surface area contributed by atoms with Crippen LogP contribution < -0.4 is 16.0 Å². The first-order chi connectivity index (χ1) is 16.2. The van der Waals surface area contributed by atoms with Crippen molar-refractivity contribution >= 4 is 33.5 Å². The second-order valence-corrected chi connectivity index (χ2v) is 11.6. The molecule has 1 rings (SSSR count). The van der Waals surface area contributed by atoms with Crippen LogP contribution in [0.4, 0.5) is 0 Å². The maximum Gasteiger partial charge on any atom is 0.245 e. The van der Waals surface area contributed by atoms with Crippen molar-refractivity contribution in [1.29, 1.82) is 0 Å². The number of nitrogens with one attached hydrogen (secondary N) is 3. The molecule has 3 N–H and O–H groups in total. The van der Waals surface area contributed by atoms with Crippen LogP contribution >= 0.6 is 0 Å². The Morgan fingerprint density at radius 3 is 2.29 bits per heavy atom. The van der Waals surface area contributed by atoms with Gasteiger partial charge >= 0.3 is 0 Å². The van der Waals surface area contributed by atoms with Gasteiger partial charge in [-0.3, -0.25) is 19.2 Å². The highest BCUT2D eigenvalue weighted by atomic mass is 32.2. The molecule has 0 aromatic carbocycles. The lowest BCUT2D eigenvalue weighted by atomic mass is 10.0. The Labute approximate surface area is 209 Å². The third-order valence-corrected chi connectivity index (χ3v) is 6.37. The van der Waals surface area contributed by atoms with Gasteiger partial charge in [-0.15, -0.1) is 0 Å². The van der Waals surface area contributed by atoms with Crippen molar-refractivity contribution in [2.24, 2.45) is 5.92 Å². The van der Waals surface area contributed by atoms with E-state index >= 15 is 0 Å². The highest BCUT2D eigenvalue weighted by Crippen LogP contribution is 2.19. The SMILES string of the molecule is CCCC[C@H](NC(=O)[C@@H]1CCCN1C(=O)[C@H](C)NC(C)=O)C(=O)N[C@H](/C=C/S(C)(=O)=O)CC(C)C. The van der Waals surface area contributed by atoms with E-state index in [9.17, 15) is 27.6 Å². The molecule has 0 spiro atoms. The van der Waals surface area contributed by atoms with Crippen LogP contribution in [0.15, 0.2) is 11.5 Å². The number of carbonyl (C=O) groups is 4. The fraction of sp³-hybridized carbons (Fsp3) is 0.750. The molecule has 1 aliphatic heterocycles. The van der Waals surface area contributed by atoms with Gasteiger partial charge in [0.2, 0.25) is 23.6 Å². The summed E-state index contributed by atoms with van der Waals surface area (Å²) >= 11 is 0. The Morgan fingerprint density at radius 2 is 1.74 bits per heavy atom. The van der Waals surface area contributed by atoms with Crippen LogP contribution in [0.3, 0.4) is 0 Å². The molecular weight excluding hydrogens is 472 g/mol. The Hall–Kier alpha value is -2.43. The van der Waals surface area contributed by atoms with E-state index in [0.717, 1.165) is 18.1 Å². The standard InChI is InChI=1S/C24H42N4O6S/c1-7-8-10-20(22(30)26-19(15-16(2)3)12-14-35(6,33)34)27-23(31)21-11-9-13-28(21)24(32)17(4)25-18(5)29/h12,14,16-17,19-21H,7-11,13,15H2,1-6H3,(H,25,29)(H,26,30)(H,27,31)/b14-12+/t17-,19+,20-,21-/m0/s1. The van der Waals surface area contributed by atoms with E-state index < -0.39 is 45.8 Å². The van der Waals surface area contributed by atoms with Crippen molar-refractivity contribution in [2.75, 3.05) is 12.8 Å². The van der Waals surface area contributed by atoms with Gasteiger partial charge in [-0.1, -0.05) is 39.7 Å². The predicted molar refractivity (Wildman–Crippen MR) is 135 cm³/mol. The summed E-state index contributed by atoms with van der Waals surface area (Å²) in [6.45, 7) is 9.22. The number of unbranched alkanes of at least 4 members (excludes halogenated alkanes) is 1. The number of amides is 4. The summed E-state index contributed by atoms with van der Waals surface area (Å²) in [6.07, 6.45) is 6.16. The Balaban J connectivity index is 2.97. The van der Waals surface area contributed by atoms with Gasteiger partial charge in [0.15, 0.2) is 9.84 Å². The molecule has 1 fully saturated rings. The summed E-state index contributed by atoms with van der Waals surface area (Å²) < 4.78 is 23.1. The van der Waals surface area contributed by atoms with Crippen molar-refractivity contribution in [3.8, 4) is 0 Å². The quantitative estimate of drug-likeness (QED) is 0.338. The number of nitrogens with zero attached hydrogens (tertiary/aromatic N) is 1. The summed E-state index contributed by atoms with van der Waals surface area (Å²) in [5.74, 6) is -1.26. The van der Waals surface area contributed by atoms with E-state index in [1.54, 1.807) is 6.92 Å². The lowest BCUT2D eigenvalue weighted by molar-refractivity contribution is -0.141. The first-order valence-corrected chi connectivity index (χ1v) is 14.3. The fourth-order valence-electron chi connectivity index (χ4n) is 4.08. The lowest BCUT2D eigenvalue weighted by Gasteiger charge is -2.29. The van der Waals surface area contributed by atoms with Gasteiger partial charge < -0.3 is 20.9 Å². The Morgan fingerprint density at radius 1 is 1.09 bits per heavy atom. The fourth-order valence-corrected chi connectivity index (χ4v) is 4.55. The van der Waals surface area contributed by atoms with E-state index in [-0.39, 0.29) is 17.7 Å². The van der Waals surface area contributed by atoms with Crippen molar-refractivity contribution in [3.05, 3.63) is 11.5 Å². The van der Waals surface area contributed by atoms with Crippen molar-refractivity contribution in [2.45, 2.75) is 97.3 Å². The van der Waals surface area contributed by atoms with E-state index in [0.29, 0.717) is 38.6 Å². The van der Waals surface area contributed by atoms with E-state index in [4.69, 9.17) is 0 Å². The summed E-state index contributed by atoms with van der Waals surface area (Å²) in [6, 6.07) is -2.78. The van der Waals surface area contributed by atoms with Gasteiger partial charge in [0.25, 0.3) is 0 Å². The summed E-state index contributed by atoms with van der Waals surface area (Å²) in [5, 5.41) is 9.31. The molecule has 0 aromatic heterocycles. The number of carbonyl (C=O) groups excluding carboxylic acids is 4. The second kappa shape index (κ2) is 14.2. The zero-order valence-electron chi connectivity index (χ0n) is 21.8. The van der Waals surface area contributed by atoms with Crippen LogP contribution in [0.1, 0.15) is 73.1 Å². The van der Waals surface area contributed by atoms with Gasteiger partial charge in [-0.05, 0) is 38.5 Å². The molecule has 0 saturated carbocycles. The van der Waals surface area contributed by atoms with Gasteiger partial charge in [0.1, 0.15) is 18.1 Å². The van der Waals surface area contributed by atoms with Gasteiger partial charge in [-0.2, -0.15) is 0 Å². The molecule has 4 amide bonds. The molecule has 4 atom stereocenters. The minimum atomic E-state index is -3.35. The van der Waals surface area contributed by atoms with Crippen molar-refractivity contribution in [3.63, 3.8) is 0 Å². The minimum absolute atomic E-state index is 0.205. The number of hydrogen-bond acceptors (Lipinski definition) is 6. The molecular formula is C24H42N4O6S. The molecule has 1 heterocycles. The molecule has 0 aromatic rings. The molecule has 10 nitrogen and oxygen atoms in total. The molecule has 11 heteroatoms. The number of hydrogen-bond donors (Lipinski definition) is 3. The van der Waals surface area contributed by atoms with Crippen LogP contribution in [0.2, 0.25) is 0 Å². The van der Waals surface area contributed by atoms with Crippen LogP contribution in [0, 0.1) is 5.92 Å². The van der Waals surface area contributed by atoms with Crippen LogP contribution in [0.25, 0.3) is 0 Å². The Kier molecular flexibility index (Phi) is 12.4. The number of likely N-dealkylation sites (tertiary alicyclic amines) is 1. The highest BCUT2D eigenvalue weighted by molar-refractivity contribution is 7.93. The average molecular weight is 515 g/mol. The van der Waals surface area contributed by atoms with Crippen LogP contribution in [0.5, 0.6) is 0 Å². The van der Waals surface area contributed by atoms with E-state index in [1.165, 1.54) is 17.9 Å². The molecule has 200 valence electrons. The average Bonchev–Trinajstić information content (AvgIpc) is 3.22. The van der Waals surface area contributed by atoms with Crippen molar-refractivity contribution in [1.82, 2.24) is 20.9 Å². The second-order valence-electron chi connectivity index (χ2n) is 9.72. The minimum Gasteiger partial charge on any atom is -0.348 e. The summed E-state index contributed by atoms with van der Waals surface area (Å²) in [4.78, 5) is 51.8. The third-order valence-electron chi connectivity index (χ3n) is 5.72. The molecule has 0 bridgehead atoms. The molecule has 35 heavy (non-hydrogen) atoms. The Bertz CT molecular complexity index is 886. The van der Waals surface area contributed by atoms with Crippen molar-refractivity contribution < 1.29 is 27.6 Å². The molecule has 0 radical (unpaired) electrons. The van der Waals surface area contributed by atoms with Crippen LogP contribution in [-0.2, 0) is 29.0 Å². The largest absolute Gasteiger partial charge is 0.348 e. The lowest BCUT2D eigenvalue weighted by Crippen LogP contribution is -2.56. The van der Waals surface area contributed by atoms with E-state index in [2.05, 4.69) is 16.0 Å². The smallest absolute Gasteiger partial charge is 0.245 e. The first kappa shape index (κ1) is 30.6. The monoisotopic (exact) mass is 514 g/mol. The first-order valence-electron chi connectivity index (χ1n) is 12.3. The third kappa shape index (κ3) is 11.2. The van der Waals surface area contributed by atoms with Crippen LogP contribution in [-0.4, -0.2) is 73.9 Å². The predicted octanol–water partition coefficient (Wildman–Crippen LogP) is 1.27. The summed E-state index contributed by atoms with van der Waals surface area (Å²) in [7, 11) is -3.35. The van der Waals surface area contributed by atoms with Gasteiger partial charge in [0, 0.05) is 31.2 Å². The number of sulfone groups is 1. The maximum atomic E-state index is 13.1. The highest BCUT2D eigenvalue weighted by Gasteiger charge is 2.37.